The van der Waals surface area contributed by atoms with Crippen LogP contribution in [0.5, 0.6) is 0 Å². The molecule has 1 unspecified atom stereocenters. The van der Waals surface area contributed by atoms with Crippen LogP contribution in [-0.4, -0.2) is 29.1 Å². The lowest BCUT2D eigenvalue weighted by molar-refractivity contribution is -0.118. The van der Waals surface area contributed by atoms with Crippen molar-refractivity contribution < 1.29 is 14.0 Å². The maximum absolute atomic E-state index is 12.9. The van der Waals surface area contributed by atoms with Crippen molar-refractivity contribution in [2.24, 2.45) is 0 Å². The third-order valence-corrected chi connectivity index (χ3v) is 5.78. The van der Waals surface area contributed by atoms with Crippen LogP contribution in [-0.2, 0) is 4.79 Å². The van der Waals surface area contributed by atoms with Crippen LogP contribution in [0.15, 0.2) is 56.8 Å². The summed E-state index contributed by atoms with van der Waals surface area (Å²) >= 11 is 1.32. The Morgan fingerprint density at radius 2 is 1.93 bits per heavy atom. The second-order valence-corrected chi connectivity index (χ2v) is 8.02. The van der Waals surface area contributed by atoms with E-state index in [0.717, 1.165) is 16.0 Å². The standard InChI is InChI=1S/C21H18N2O4S/c1-11-8-12(2)17-15(9-11)27-10-14(20(17)25)22-21(26)18-19(24)13-6-4-5-7-16(13)28-23(18)3/h4-10,18H,1-3H3,(H,22,26). The Balaban J connectivity index is 1.68. The van der Waals surface area contributed by atoms with Crippen molar-refractivity contribution in [3.8, 4) is 0 Å². The first-order chi connectivity index (χ1) is 13.4. The average molecular weight is 394 g/mol. The van der Waals surface area contributed by atoms with Gasteiger partial charge < -0.3 is 9.73 Å². The van der Waals surface area contributed by atoms with E-state index in [4.69, 9.17) is 4.42 Å². The Hall–Kier alpha value is -2.90. The SMILES string of the molecule is Cc1cc(C)c2c(=O)c(NC(=O)C3C(=O)c4ccccc4SN3C)coc2c1. The number of likely N-dealkylation sites (N-methyl/N-ethyl adjacent to an activating group) is 1. The van der Waals surface area contributed by atoms with Gasteiger partial charge in [-0.05, 0) is 56.1 Å². The fourth-order valence-corrected chi connectivity index (χ4v) is 4.48. The highest BCUT2D eigenvalue weighted by Gasteiger charge is 2.37. The van der Waals surface area contributed by atoms with Gasteiger partial charge in [-0.15, -0.1) is 0 Å². The molecular weight excluding hydrogens is 376 g/mol. The highest BCUT2D eigenvalue weighted by atomic mass is 32.2. The van der Waals surface area contributed by atoms with Crippen molar-refractivity contribution in [2.75, 3.05) is 12.4 Å². The molecule has 1 N–H and O–H groups in total. The number of fused-ring (bicyclic) bond motifs is 2. The van der Waals surface area contributed by atoms with E-state index < -0.39 is 11.9 Å². The number of nitrogens with zero attached hydrogens (tertiary/aromatic N) is 1. The van der Waals surface area contributed by atoms with Crippen LogP contribution in [0.25, 0.3) is 11.0 Å². The minimum Gasteiger partial charge on any atom is -0.462 e. The lowest BCUT2D eigenvalue weighted by Crippen LogP contribution is -2.47. The van der Waals surface area contributed by atoms with Gasteiger partial charge in [-0.3, -0.25) is 14.4 Å². The molecule has 0 saturated carbocycles. The van der Waals surface area contributed by atoms with Gasteiger partial charge in [0.2, 0.25) is 5.43 Å². The zero-order chi connectivity index (χ0) is 20.0. The molecule has 28 heavy (non-hydrogen) atoms. The maximum atomic E-state index is 12.9. The van der Waals surface area contributed by atoms with E-state index in [1.807, 2.05) is 32.0 Å². The third kappa shape index (κ3) is 3.02. The van der Waals surface area contributed by atoms with E-state index in [-0.39, 0.29) is 16.9 Å². The summed E-state index contributed by atoms with van der Waals surface area (Å²) in [6.45, 7) is 3.74. The number of carbonyl (C=O) groups is 2. The van der Waals surface area contributed by atoms with E-state index in [1.165, 1.54) is 18.2 Å². The van der Waals surface area contributed by atoms with Gasteiger partial charge in [0.25, 0.3) is 5.91 Å². The maximum Gasteiger partial charge on any atom is 0.250 e. The third-order valence-electron chi connectivity index (χ3n) is 4.73. The number of nitrogens with one attached hydrogen (secondary N) is 1. The Morgan fingerprint density at radius 1 is 1.18 bits per heavy atom. The molecule has 0 aliphatic carbocycles. The van der Waals surface area contributed by atoms with Gasteiger partial charge in [0.05, 0.1) is 5.39 Å². The number of benzene rings is 2. The number of Topliss-reactive ketones (excluding diaryl/α,β-unsaturated/α-hetero) is 1. The fourth-order valence-electron chi connectivity index (χ4n) is 3.46. The Kier molecular flexibility index (Phi) is 4.56. The van der Waals surface area contributed by atoms with Gasteiger partial charge >= 0.3 is 0 Å². The van der Waals surface area contributed by atoms with Crippen molar-refractivity contribution >= 4 is 40.3 Å². The smallest absolute Gasteiger partial charge is 0.250 e. The molecule has 0 saturated heterocycles. The van der Waals surface area contributed by atoms with Crippen molar-refractivity contribution in [3.63, 3.8) is 0 Å². The van der Waals surface area contributed by atoms with Crippen molar-refractivity contribution in [3.05, 3.63) is 69.6 Å². The number of rotatable bonds is 2. The zero-order valence-electron chi connectivity index (χ0n) is 15.6. The van der Waals surface area contributed by atoms with Crippen LogP contribution < -0.4 is 10.7 Å². The molecule has 6 nitrogen and oxygen atoms in total. The number of carbonyl (C=O) groups excluding carboxylic acids is 2. The number of ketones is 1. The van der Waals surface area contributed by atoms with Crippen molar-refractivity contribution in [1.29, 1.82) is 0 Å². The molecule has 0 bridgehead atoms. The lowest BCUT2D eigenvalue weighted by Gasteiger charge is -2.30. The number of hydrogen-bond donors (Lipinski definition) is 1. The second-order valence-electron chi connectivity index (χ2n) is 6.82. The topological polar surface area (TPSA) is 79.6 Å². The highest BCUT2D eigenvalue weighted by Crippen LogP contribution is 2.34. The van der Waals surface area contributed by atoms with E-state index in [1.54, 1.807) is 29.6 Å². The van der Waals surface area contributed by atoms with Crippen LogP contribution in [0.1, 0.15) is 21.5 Å². The van der Waals surface area contributed by atoms with Gasteiger partial charge in [0.1, 0.15) is 17.5 Å². The van der Waals surface area contributed by atoms with Gasteiger partial charge in [-0.2, -0.15) is 0 Å². The molecule has 2 aromatic carbocycles. The summed E-state index contributed by atoms with van der Waals surface area (Å²) in [7, 11) is 1.68. The minimum absolute atomic E-state index is 0.0227. The van der Waals surface area contributed by atoms with Crippen LogP contribution in [0.2, 0.25) is 0 Å². The normalized spacial score (nSPS) is 16.8. The largest absolute Gasteiger partial charge is 0.462 e. The number of amides is 1. The molecule has 0 spiro atoms. The second kappa shape index (κ2) is 6.92. The number of anilines is 1. The lowest BCUT2D eigenvalue weighted by atomic mass is 10.0. The average Bonchev–Trinajstić information content (AvgIpc) is 2.63. The van der Waals surface area contributed by atoms with Gasteiger partial charge in [0, 0.05) is 10.5 Å². The van der Waals surface area contributed by atoms with E-state index >= 15 is 0 Å². The summed E-state index contributed by atoms with van der Waals surface area (Å²) < 4.78 is 7.16. The van der Waals surface area contributed by atoms with E-state index in [9.17, 15) is 14.4 Å². The van der Waals surface area contributed by atoms with Gasteiger partial charge in [0.15, 0.2) is 11.8 Å². The van der Waals surface area contributed by atoms with Crippen molar-refractivity contribution in [2.45, 2.75) is 24.8 Å². The van der Waals surface area contributed by atoms with Crippen LogP contribution in [0, 0.1) is 13.8 Å². The molecule has 1 aromatic heterocycles. The molecule has 142 valence electrons. The quantitative estimate of drug-likeness (QED) is 0.529. The minimum atomic E-state index is -1.03. The molecular formula is C21H18N2O4S. The molecule has 1 aliphatic rings. The monoisotopic (exact) mass is 394 g/mol. The van der Waals surface area contributed by atoms with Crippen LogP contribution in [0.4, 0.5) is 5.69 Å². The molecule has 0 radical (unpaired) electrons. The van der Waals surface area contributed by atoms with Crippen LogP contribution >= 0.6 is 11.9 Å². The molecule has 2 heterocycles. The van der Waals surface area contributed by atoms with Crippen molar-refractivity contribution in [1.82, 2.24) is 4.31 Å². The summed E-state index contributed by atoms with van der Waals surface area (Å²) in [5.41, 5.74) is 2.42. The summed E-state index contributed by atoms with van der Waals surface area (Å²) in [5.74, 6) is -0.864. The molecule has 4 rings (SSSR count). The van der Waals surface area contributed by atoms with E-state index in [2.05, 4.69) is 5.32 Å². The van der Waals surface area contributed by atoms with Gasteiger partial charge in [-0.25, -0.2) is 4.31 Å². The van der Waals surface area contributed by atoms with Crippen LogP contribution in [0.3, 0.4) is 0 Å². The molecule has 1 atom stereocenters. The molecule has 3 aromatic rings. The summed E-state index contributed by atoms with van der Waals surface area (Å²) in [6.07, 6.45) is 1.23. The first-order valence-corrected chi connectivity index (χ1v) is 9.52. The first-order valence-electron chi connectivity index (χ1n) is 8.74. The fraction of sp³-hybridized carbons (Fsp3) is 0.190. The Labute approximate surface area is 165 Å². The Bertz CT molecular complexity index is 1180. The summed E-state index contributed by atoms with van der Waals surface area (Å²) in [5, 5.41) is 3.01. The summed E-state index contributed by atoms with van der Waals surface area (Å²) in [6, 6.07) is 9.78. The van der Waals surface area contributed by atoms with Gasteiger partial charge in [-0.1, -0.05) is 24.3 Å². The molecule has 7 heteroatoms. The number of hydrogen-bond acceptors (Lipinski definition) is 6. The number of aryl methyl sites for hydroxylation is 2. The Morgan fingerprint density at radius 3 is 2.71 bits per heavy atom. The molecule has 1 aliphatic heterocycles. The predicted molar refractivity (Wildman–Crippen MR) is 109 cm³/mol. The molecule has 0 fully saturated rings. The van der Waals surface area contributed by atoms with E-state index in [0.29, 0.717) is 16.5 Å². The first kappa shape index (κ1) is 18.5. The zero-order valence-corrected chi connectivity index (χ0v) is 16.4. The summed E-state index contributed by atoms with van der Waals surface area (Å²) in [4.78, 5) is 39.4. The molecule has 1 amide bonds. The predicted octanol–water partition coefficient (Wildman–Crippen LogP) is 3.55. The highest BCUT2D eigenvalue weighted by molar-refractivity contribution is 7.97.